The summed E-state index contributed by atoms with van der Waals surface area (Å²) in [6.45, 7) is 0. The Kier molecular flexibility index (Phi) is 3.14. The predicted octanol–water partition coefficient (Wildman–Crippen LogP) is 2.04. The molecule has 0 saturated carbocycles. The van der Waals surface area contributed by atoms with Crippen LogP contribution >= 0.6 is 0 Å². The summed E-state index contributed by atoms with van der Waals surface area (Å²) in [5.74, 6) is -0.381. The van der Waals surface area contributed by atoms with E-state index in [2.05, 4.69) is 4.98 Å². The summed E-state index contributed by atoms with van der Waals surface area (Å²) in [7, 11) is 1.57. The molecule has 0 radical (unpaired) electrons. The summed E-state index contributed by atoms with van der Waals surface area (Å²) >= 11 is 0. The molecule has 0 amide bonds. The Labute approximate surface area is 104 Å². The molecule has 0 aliphatic rings. The lowest BCUT2D eigenvalue weighted by atomic mass is 10.0. The lowest BCUT2D eigenvalue weighted by molar-refractivity contribution is 0.0691. The second-order valence-electron chi connectivity index (χ2n) is 3.70. The molecular formula is C13H12N2O3. The molecule has 1 heterocycles. The third-order valence-corrected chi connectivity index (χ3v) is 2.51. The van der Waals surface area contributed by atoms with E-state index in [9.17, 15) is 4.79 Å². The van der Waals surface area contributed by atoms with E-state index in [1.807, 2.05) is 0 Å². The maximum atomic E-state index is 11.1. The third-order valence-electron chi connectivity index (χ3n) is 2.51. The molecule has 0 bridgehead atoms. The van der Waals surface area contributed by atoms with Crippen molar-refractivity contribution in [1.82, 2.24) is 4.98 Å². The number of aromatic nitrogens is 1. The molecule has 0 aliphatic heterocycles. The number of pyridine rings is 1. The summed E-state index contributed by atoms with van der Waals surface area (Å²) < 4.78 is 5.05. The standard InChI is InChI=1S/C13H12N2O3/c1-18-10-4-2-8(3-5-10)11-6-9(14)7-15-12(11)13(16)17/h2-7H,14H2,1H3,(H,16,17). The van der Waals surface area contributed by atoms with Gasteiger partial charge in [-0.2, -0.15) is 0 Å². The van der Waals surface area contributed by atoms with E-state index in [0.29, 0.717) is 17.0 Å². The minimum Gasteiger partial charge on any atom is -0.497 e. The van der Waals surface area contributed by atoms with Crippen molar-refractivity contribution in [3.63, 3.8) is 0 Å². The van der Waals surface area contributed by atoms with Gasteiger partial charge in [-0.25, -0.2) is 9.78 Å². The first-order valence-corrected chi connectivity index (χ1v) is 5.25. The largest absolute Gasteiger partial charge is 0.497 e. The van der Waals surface area contributed by atoms with Crippen LogP contribution in [0.2, 0.25) is 0 Å². The van der Waals surface area contributed by atoms with Gasteiger partial charge in [0.15, 0.2) is 5.69 Å². The van der Waals surface area contributed by atoms with Crippen LogP contribution in [0.1, 0.15) is 10.5 Å². The van der Waals surface area contributed by atoms with Gasteiger partial charge in [0.05, 0.1) is 19.0 Å². The fourth-order valence-electron chi connectivity index (χ4n) is 1.64. The monoisotopic (exact) mass is 244 g/mol. The van der Waals surface area contributed by atoms with Crippen LogP contribution in [0, 0.1) is 0 Å². The lowest BCUT2D eigenvalue weighted by Crippen LogP contribution is -2.04. The highest BCUT2D eigenvalue weighted by Crippen LogP contribution is 2.26. The molecule has 5 heteroatoms. The minimum atomic E-state index is -1.08. The van der Waals surface area contributed by atoms with Crippen molar-refractivity contribution in [1.29, 1.82) is 0 Å². The number of ether oxygens (including phenoxy) is 1. The van der Waals surface area contributed by atoms with Gasteiger partial charge in [0.2, 0.25) is 0 Å². The van der Waals surface area contributed by atoms with E-state index in [0.717, 1.165) is 5.56 Å². The van der Waals surface area contributed by atoms with E-state index in [1.54, 1.807) is 37.4 Å². The molecule has 0 fully saturated rings. The van der Waals surface area contributed by atoms with E-state index in [-0.39, 0.29) is 5.69 Å². The number of nitrogens with zero attached hydrogens (tertiary/aromatic N) is 1. The van der Waals surface area contributed by atoms with Gasteiger partial charge in [-0.3, -0.25) is 0 Å². The number of hydrogen-bond donors (Lipinski definition) is 2. The number of carboxylic acids is 1. The smallest absolute Gasteiger partial charge is 0.355 e. The summed E-state index contributed by atoms with van der Waals surface area (Å²) in [5, 5.41) is 9.09. The van der Waals surface area contributed by atoms with Gasteiger partial charge >= 0.3 is 5.97 Å². The van der Waals surface area contributed by atoms with Crippen LogP contribution in [0.4, 0.5) is 5.69 Å². The van der Waals surface area contributed by atoms with Crippen molar-refractivity contribution in [3.8, 4) is 16.9 Å². The Bertz CT molecular complexity index is 579. The average molecular weight is 244 g/mol. The Morgan fingerprint density at radius 1 is 1.33 bits per heavy atom. The first-order valence-electron chi connectivity index (χ1n) is 5.25. The molecule has 3 N–H and O–H groups in total. The van der Waals surface area contributed by atoms with E-state index >= 15 is 0 Å². The second-order valence-corrected chi connectivity index (χ2v) is 3.70. The Hall–Kier alpha value is -2.56. The predicted molar refractivity (Wildman–Crippen MR) is 67.6 cm³/mol. The molecule has 92 valence electrons. The Morgan fingerprint density at radius 2 is 2.00 bits per heavy atom. The fourth-order valence-corrected chi connectivity index (χ4v) is 1.64. The number of aromatic carboxylic acids is 1. The molecule has 0 spiro atoms. The summed E-state index contributed by atoms with van der Waals surface area (Å²) in [6, 6.07) is 8.63. The first-order chi connectivity index (χ1) is 8.61. The molecule has 0 aliphatic carbocycles. The SMILES string of the molecule is COc1ccc(-c2cc(N)cnc2C(=O)O)cc1. The maximum Gasteiger partial charge on any atom is 0.355 e. The van der Waals surface area contributed by atoms with Crippen molar-refractivity contribution in [2.24, 2.45) is 0 Å². The first kappa shape index (κ1) is 11.9. The summed E-state index contributed by atoms with van der Waals surface area (Å²) in [5.41, 5.74) is 7.26. The number of nitrogens with two attached hydrogens (primary N) is 1. The van der Waals surface area contributed by atoms with Gasteiger partial charge < -0.3 is 15.6 Å². The van der Waals surface area contributed by atoms with Gasteiger partial charge in [0, 0.05) is 5.56 Å². The molecule has 0 unspecified atom stereocenters. The maximum absolute atomic E-state index is 11.1. The molecule has 5 nitrogen and oxygen atoms in total. The zero-order valence-electron chi connectivity index (χ0n) is 9.75. The highest BCUT2D eigenvalue weighted by Gasteiger charge is 2.13. The van der Waals surface area contributed by atoms with Crippen molar-refractivity contribution in [2.75, 3.05) is 12.8 Å². The zero-order valence-corrected chi connectivity index (χ0v) is 9.75. The molecule has 18 heavy (non-hydrogen) atoms. The summed E-state index contributed by atoms with van der Waals surface area (Å²) in [4.78, 5) is 14.9. The van der Waals surface area contributed by atoms with E-state index < -0.39 is 5.97 Å². The summed E-state index contributed by atoms with van der Waals surface area (Å²) in [6.07, 6.45) is 1.33. The molecular weight excluding hydrogens is 232 g/mol. The van der Waals surface area contributed by atoms with E-state index in [4.69, 9.17) is 15.6 Å². The van der Waals surface area contributed by atoms with Crippen LogP contribution in [0.25, 0.3) is 11.1 Å². The van der Waals surface area contributed by atoms with Crippen molar-refractivity contribution in [3.05, 3.63) is 42.2 Å². The van der Waals surface area contributed by atoms with Crippen molar-refractivity contribution in [2.45, 2.75) is 0 Å². The number of carbonyl (C=O) groups is 1. The van der Waals surface area contributed by atoms with Gasteiger partial charge in [-0.1, -0.05) is 12.1 Å². The van der Waals surface area contributed by atoms with Crippen LogP contribution in [-0.4, -0.2) is 23.2 Å². The van der Waals surface area contributed by atoms with Crippen LogP contribution in [0.3, 0.4) is 0 Å². The number of carboxylic acid groups (broad SMARTS) is 1. The number of rotatable bonds is 3. The highest BCUT2D eigenvalue weighted by atomic mass is 16.5. The normalized spacial score (nSPS) is 10.1. The third kappa shape index (κ3) is 2.24. The van der Waals surface area contributed by atoms with Crippen molar-refractivity contribution >= 4 is 11.7 Å². The second kappa shape index (κ2) is 4.75. The fraction of sp³-hybridized carbons (Fsp3) is 0.0769. The molecule has 0 atom stereocenters. The van der Waals surface area contributed by atoms with Gasteiger partial charge in [-0.15, -0.1) is 0 Å². The molecule has 1 aromatic carbocycles. The highest BCUT2D eigenvalue weighted by molar-refractivity contribution is 5.94. The van der Waals surface area contributed by atoms with Gasteiger partial charge in [0.25, 0.3) is 0 Å². The average Bonchev–Trinajstić information content (AvgIpc) is 2.38. The van der Waals surface area contributed by atoms with Gasteiger partial charge in [0.1, 0.15) is 5.75 Å². The van der Waals surface area contributed by atoms with Crippen LogP contribution in [0.15, 0.2) is 36.5 Å². The minimum absolute atomic E-state index is 0.0191. The van der Waals surface area contributed by atoms with Crippen LogP contribution in [-0.2, 0) is 0 Å². The van der Waals surface area contributed by atoms with Crippen molar-refractivity contribution < 1.29 is 14.6 Å². The molecule has 2 rings (SSSR count). The lowest BCUT2D eigenvalue weighted by Gasteiger charge is -2.07. The molecule has 2 aromatic rings. The van der Waals surface area contributed by atoms with Crippen LogP contribution < -0.4 is 10.5 Å². The molecule has 1 aromatic heterocycles. The zero-order chi connectivity index (χ0) is 13.1. The Morgan fingerprint density at radius 3 is 2.56 bits per heavy atom. The molecule has 0 saturated heterocycles. The number of benzene rings is 1. The Balaban J connectivity index is 2.54. The topological polar surface area (TPSA) is 85.4 Å². The number of nitrogen functional groups attached to an aromatic ring is 1. The van der Waals surface area contributed by atoms with E-state index in [1.165, 1.54) is 6.20 Å². The number of anilines is 1. The number of hydrogen-bond acceptors (Lipinski definition) is 4. The quantitative estimate of drug-likeness (QED) is 0.862. The van der Waals surface area contributed by atoms with Crippen LogP contribution in [0.5, 0.6) is 5.75 Å². The van der Waals surface area contributed by atoms with Gasteiger partial charge in [-0.05, 0) is 23.8 Å². The number of methoxy groups -OCH3 is 1.